The summed E-state index contributed by atoms with van der Waals surface area (Å²) in [5.41, 5.74) is 3.35. The van der Waals surface area contributed by atoms with Crippen LogP contribution in [0.4, 0.5) is 5.82 Å². The van der Waals surface area contributed by atoms with Crippen LogP contribution in [0.2, 0.25) is 0 Å². The number of aromatic nitrogens is 4. The second kappa shape index (κ2) is 10.1. The van der Waals surface area contributed by atoms with Gasteiger partial charge in [-0.25, -0.2) is 9.78 Å². The van der Waals surface area contributed by atoms with E-state index in [1.54, 1.807) is 0 Å². The molecule has 39 heavy (non-hydrogen) atoms. The molecule has 1 aliphatic heterocycles. The highest BCUT2D eigenvalue weighted by atomic mass is 16.5. The topological polar surface area (TPSA) is 106 Å². The SMILES string of the molecule is Cc1cc2nc(-c3nnc(Cc4ccccc4)o3)cn2c(N2CCC(C)(C)CC2)c1C(OC(C)(C)C)C(=O)O. The number of nitrogens with zero attached hydrogens (tertiary/aromatic N) is 5. The third-order valence-corrected chi connectivity index (χ3v) is 7.23. The molecule has 0 radical (unpaired) electrons. The Bertz CT molecular complexity index is 1470. The fourth-order valence-electron chi connectivity index (χ4n) is 5.10. The molecule has 0 bridgehead atoms. The van der Waals surface area contributed by atoms with E-state index in [0.29, 0.717) is 35.1 Å². The molecule has 1 aromatic carbocycles. The predicted molar refractivity (Wildman–Crippen MR) is 149 cm³/mol. The first-order valence-corrected chi connectivity index (χ1v) is 13.4. The first-order valence-electron chi connectivity index (χ1n) is 13.4. The van der Waals surface area contributed by atoms with Crippen molar-refractivity contribution in [2.24, 2.45) is 5.41 Å². The monoisotopic (exact) mass is 531 g/mol. The number of ether oxygens (including phenoxy) is 1. The molecule has 1 fully saturated rings. The van der Waals surface area contributed by atoms with E-state index in [-0.39, 0.29) is 5.41 Å². The van der Waals surface area contributed by atoms with Gasteiger partial charge in [-0.2, -0.15) is 0 Å². The summed E-state index contributed by atoms with van der Waals surface area (Å²) in [6, 6.07) is 11.9. The summed E-state index contributed by atoms with van der Waals surface area (Å²) in [5, 5.41) is 18.8. The zero-order valence-corrected chi connectivity index (χ0v) is 23.6. The lowest BCUT2D eigenvalue weighted by Gasteiger charge is -2.40. The highest BCUT2D eigenvalue weighted by molar-refractivity contribution is 5.79. The standard InChI is InChI=1S/C30H37N5O4/c1-19-16-22-31-21(26-33-32-23(38-26)17-20-10-8-7-9-11-20)18-35(22)27(34-14-12-30(5,6)13-15-34)24(19)25(28(36)37)39-29(2,3)4/h7-11,16,18,25H,12-15,17H2,1-6H3,(H,36,37). The molecule has 9 nitrogen and oxygen atoms in total. The van der Waals surface area contributed by atoms with Crippen molar-refractivity contribution >= 4 is 17.4 Å². The van der Waals surface area contributed by atoms with Crippen molar-refractivity contribution in [3.8, 4) is 11.6 Å². The molecule has 4 aromatic rings. The number of fused-ring (bicyclic) bond motifs is 1. The van der Waals surface area contributed by atoms with Crippen LogP contribution in [0.5, 0.6) is 0 Å². The largest absolute Gasteiger partial charge is 0.479 e. The number of imidazole rings is 1. The molecule has 1 atom stereocenters. The highest BCUT2D eigenvalue weighted by Gasteiger charge is 2.35. The number of piperidine rings is 1. The third-order valence-electron chi connectivity index (χ3n) is 7.23. The number of carboxylic acid groups (broad SMARTS) is 1. The van der Waals surface area contributed by atoms with Gasteiger partial charge in [0.05, 0.1) is 12.0 Å². The molecule has 0 saturated carbocycles. The smallest absolute Gasteiger partial charge is 0.337 e. The van der Waals surface area contributed by atoms with E-state index in [4.69, 9.17) is 14.1 Å². The molecule has 0 spiro atoms. The number of pyridine rings is 1. The van der Waals surface area contributed by atoms with E-state index in [1.165, 1.54) is 0 Å². The molecule has 0 amide bonds. The molecule has 5 rings (SSSR count). The molecule has 9 heteroatoms. The lowest BCUT2D eigenvalue weighted by Crippen LogP contribution is -2.40. The van der Waals surface area contributed by atoms with Gasteiger partial charge in [-0.3, -0.25) is 4.40 Å². The molecule has 1 aliphatic rings. The van der Waals surface area contributed by atoms with Gasteiger partial charge in [0, 0.05) is 24.8 Å². The van der Waals surface area contributed by atoms with Crippen molar-refractivity contribution in [2.45, 2.75) is 72.5 Å². The van der Waals surface area contributed by atoms with Gasteiger partial charge in [0.2, 0.25) is 5.89 Å². The second-order valence-electron chi connectivity index (χ2n) is 12.2. The number of rotatable bonds is 7. The zero-order chi connectivity index (χ0) is 27.9. The van der Waals surface area contributed by atoms with Crippen LogP contribution >= 0.6 is 0 Å². The fraction of sp³-hybridized carbons (Fsp3) is 0.467. The Kier molecular flexibility index (Phi) is 6.97. The maximum Gasteiger partial charge on any atom is 0.337 e. The Balaban J connectivity index is 1.61. The van der Waals surface area contributed by atoms with Crippen LogP contribution in [-0.4, -0.2) is 49.3 Å². The van der Waals surface area contributed by atoms with Gasteiger partial charge in [-0.05, 0) is 63.1 Å². The number of carbonyl (C=O) groups is 1. The van der Waals surface area contributed by atoms with Crippen molar-refractivity contribution in [1.29, 1.82) is 0 Å². The molecule has 1 unspecified atom stereocenters. The highest BCUT2D eigenvalue weighted by Crippen LogP contribution is 2.40. The molecular weight excluding hydrogens is 494 g/mol. The number of aliphatic carboxylic acids is 1. The lowest BCUT2D eigenvalue weighted by atomic mass is 9.82. The zero-order valence-electron chi connectivity index (χ0n) is 23.6. The van der Waals surface area contributed by atoms with Crippen molar-refractivity contribution in [2.75, 3.05) is 18.0 Å². The summed E-state index contributed by atoms with van der Waals surface area (Å²) in [5.74, 6) is 0.608. The normalized spacial score (nSPS) is 16.5. The summed E-state index contributed by atoms with van der Waals surface area (Å²) >= 11 is 0. The van der Waals surface area contributed by atoms with E-state index in [2.05, 4.69) is 28.9 Å². The lowest BCUT2D eigenvalue weighted by molar-refractivity contribution is -0.160. The van der Waals surface area contributed by atoms with Crippen LogP contribution in [0.1, 0.15) is 76.1 Å². The van der Waals surface area contributed by atoms with Crippen molar-refractivity contribution in [3.05, 3.63) is 65.2 Å². The average Bonchev–Trinajstić information content (AvgIpc) is 3.49. The second-order valence-corrected chi connectivity index (χ2v) is 12.2. The molecule has 0 aliphatic carbocycles. The van der Waals surface area contributed by atoms with Crippen molar-refractivity contribution in [1.82, 2.24) is 19.6 Å². The van der Waals surface area contributed by atoms with Gasteiger partial charge in [-0.1, -0.05) is 44.2 Å². The van der Waals surface area contributed by atoms with Crippen molar-refractivity contribution < 1.29 is 19.1 Å². The number of anilines is 1. The Morgan fingerprint density at radius 3 is 2.49 bits per heavy atom. The number of hydrogen-bond donors (Lipinski definition) is 1. The fourth-order valence-corrected chi connectivity index (χ4v) is 5.10. The van der Waals surface area contributed by atoms with Crippen LogP contribution in [0.25, 0.3) is 17.2 Å². The summed E-state index contributed by atoms with van der Waals surface area (Å²) in [4.78, 5) is 19.7. The van der Waals surface area contributed by atoms with Gasteiger partial charge in [-0.15, -0.1) is 10.2 Å². The van der Waals surface area contributed by atoms with Crippen LogP contribution in [-0.2, 0) is 16.0 Å². The Hall–Kier alpha value is -3.72. The van der Waals surface area contributed by atoms with E-state index in [9.17, 15) is 9.90 Å². The molecule has 1 N–H and O–H groups in total. The van der Waals surface area contributed by atoms with Gasteiger partial charge >= 0.3 is 5.97 Å². The number of aryl methyl sites for hydroxylation is 1. The molecular formula is C30H37N5O4. The molecule has 3 aromatic heterocycles. The molecule has 206 valence electrons. The summed E-state index contributed by atoms with van der Waals surface area (Å²) in [6.45, 7) is 13.7. The average molecular weight is 532 g/mol. The Morgan fingerprint density at radius 1 is 1.15 bits per heavy atom. The van der Waals surface area contributed by atoms with Crippen LogP contribution in [0.3, 0.4) is 0 Å². The Morgan fingerprint density at radius 2 is 1.85 bits per heavy atom. The molecule has 1 saturated heterocycles. The summed E-state index contributed by atoms with van der Waals surface area (Å²) in [7, 11) is 0. The number of benzene rings is 1. The van der Waals surface area contributed by atoms with Crippen LogP contribution < -0.4 is 4.90 Å². The van der Waals surface area contributed by atoms with Gasteiger partial charge in [0.15, 0.2) is 6.10 Å². The van der Waals surface area contributed by atoms with Crippen molar-refractivity contribution in [3.63, 3.8) is 0 Å². The summed E-state index contributed by atoms with van der Waals surface area (Å²) < 4.78 is 14.1. The first kappa shape index (κ1) is 26.9. The van der Waals surface area contributed by atoms with Crippen LogP contribution in [0, 0.1) is 12.3 Å². The maximum atomic E-state index is 12.6. The number of hydrogen-bond acceptors (Lipinski definition) is 7. The molecule has 4 heterocycles. The number of carboxylic acids is 1. The van der Waals surface area contributed by atoms with E-state index >= 15 is 0 Å². The van der Waals surface area contributed by atoms with Crippen LogP contribution in [0.15, 0.2) is 47.0 Å². The minimum absolute atomic E-state index is 0.229. The first-order chi connectivity index (χ1) is 18.4. The predicted octanol–water partition coefficient (Wildman–Crippen LogP) is 5.85. The Labute approximate surface area is 228 Å². The van der Waals surface area contributed by atoms with E-state index in [1.807, 2.05) is 74.7 Å². The van der Waals surface area contributed by atoms with Gasteiger partial charge in [0.25, 0.3) is 5.89 Å². The maximum absolute atomic E-state index is 12.6. The minimum atomic E-state index is -1.13. The van der Waals surface area contributed by atoms with E-state index in [0.717, 1.165) is 42.9 Å². The quantitative estimate of drug-likeness (QED) is 0.317. The van der Waals surface area contributed by atoms with Gasteiger partial charge < -0.3 is 19.2 Å². The minimum Gasteiger partial charge on any atom is -0.479 e. The van der Waals surface area contributed by atoms with Gasteiger partial charge in [0.1, 0.15) is 17.2 Å². The summed E-state index contributed by atoms with van der Waals surface area (Å²) in [6.07, 6.45) is 3.25. The third kappa shape index (κ3) is 5.83. The van der Waals surface area contributed by atoms with E-state index < -0.39 is 17.7 Å².